The largest absolute Gasteiger partial charge is 0.492 e. The van der Waals surface area contributed by atoms with Gasteiger partial charge in [-0.15, -0.1) is 68.0 Å². The van der Waals surface area contributed by atoms with Crippen LogP contribution in [0.2, 0.25) is 0 Å². The summed E-state index contributed by atoms with van der Waals surface area (Å²) in [5.74, 6) is 5.13. The molecule has 0 aromatic carbocycles. The van der Waals surface area contributed by atoms with Crippen LogP contribution in [0.1, 0.15) is 118 Å². The Morgan fingerprint density at radius 2 is 0.946 bits per heavy atom. The lowest BCUT2D eigenvalue weighted by Crippen LogP contribution is -2.27. The number of ether oxygens (including phenoxy) is 4. The van der Waals surface area contributed by atoms with Gasteiger partial charge in [0.2, 0.25) is 0 Å². The maximum atomic E-state index is 6.79. The van der Waals surface area contributed by atoms with Crippen molar-refractivity contribution in [2.24, 2.45) is 11.8 Å². The average Bonchev–Trinajstić information content (AvgIpc) is 4.02. The van der Waals surface area contributed by atoms with Crippen molar-refractivity contribution in [3.8, 4) is 71.8 Å². The van der Waals surface area contributed by atoms with E-state index < -0.39 is 11.2 Å². The minimum atomic E-state index is -0.444. The first-order chi connectivity index (χ1) is 27.0. The summed E-state index contributed by atoms with van der Waals surface area (Å²) in [7, 11) is 0. The van der Waals surface area contributed by atoms with E-state index in [1.54, 1.807) is 22.7 Å². The zero-order valence-electron chi connectivity index (χ0n) is 33.9. The molecule has 2 aliphatic heterocycles. The molecule has 6 aromatic rings. The Labute approximate surface area is 357 Å². The number of unbranched alkanes of at least 4 members (excludes halogenated alkanes) is 2. The molecule has 298 valence electrons. The maximum Gasteiger partial charge on any atom is 0.140 e. The molecule has 0 bridgehead atoms. The van der Waals surface area contributed by atoms with Gasteiger partial charge in [0.15, 0.2) is 0 Å². The fourth-order valence-corrected chi connectivity index (χ4v) is 14.8. The summed E-state index contributed by atoms with van der Waals surface area (Å²) in [5, 5.41) is 4.32. The molecular formula is C46H54O4S6. The van der Waals surface area contributed by atoms with Crippen LogP contribution in [-0.2, 0) is 11.2 Å². The van der Waals surface area contributed by atoms with Gasteiger partial charge in [0.1, 0.15) is 34.2 Å². The number of fused-ring (bicyclic) bond motifs is 6. The van der Waals surface area contributed by atoms with E-state index in [0.29, 0.717) is 11.8 Å². The van der Waals surface area contributed by atoms with Crippen molar-refractivity contribution in [1.29, 1.82) is 0 Å². The van der Waals surface area contributed by atoms with Crippen molar-refractivity contribution in [2.45, 2.75) is 118 Å². The Balaban J connectivity index is 1.08. The van der Waals surface area contributed by atoms with E-state index in [1.807, 2.05) is 45.3 Å². The van der Waals surface area contributed by atoms with Gasteiger partial charge in [-0.3, -0.25) is 0 Å². The summed E-state index contributed by atoms with van der Waals surface area (Å²) in [6.45, 7) is 19.5. The van der Waals surface area contributed by atoms with Crippen LogP contribution in [0.15, 0.2) is 47.2 Å². The Morgan fingerprint density at radius 1 is 0.536 bits per heavy atom. The van der Waals surface area contributed by atoms with Crippen molar-refractivity contribution in [1.82, 2.24) is 0 Å². The number of thiophene rings is 6. The van der Waals surface area contributed by atoms with Crippen LogP contribution in [0, 0.1) is 11.8 Å². The molecule has 10 heteroatoms. The van der Waals surface area contributed by atoms with E-state index in [0.717, 1.165) is 49.1 Å². The monoisotopic (exact) mass is 862 g/mol. The van der Waals surface area contributed by atoms with Crippen molar-refractivity contribution in [3.05, 3.63) is 58.3 Å². The third-order valence-corrected chi connectivity index (χ3v) is 18.5. The van der Waals surface area contributed by atoms with Crippen molar-refractivity contribution >= 4 is 68.0 Å². The second kappa shape index (κ2) is 16.6. The smallest absolute Gasteiger partial charge is 0.140 e. The molecule has 0 aliphatic carbocycles. The van der Waals surface area contributed by atoms with Gasteiger partial charge in [-0.25, -0.2) is 0 Å². The molecule has 0 saturated heterocycles. The molecule has 2 atom stereocenters. The molecule has 2 unspecified atom stereocenters. The van der Waals surface area contributed by atoms with Crippen molar-refractivity contribution in [2.75, 3.05) is 13.2 Å². The fraction of sp³-hybridized carbons (Fsp3) is 0.478. The molecule has 0 saturated carbocycles. The summed E-state index contributed by atoms with van der Waals surface area (Å²) in [5.41, 5.74) is 1.63. The molecular weight excluding hydrogens is 809 g/mol. The van der Waals surface area contributed by atoms with E-state index >= 15 is 0 Å². The van der Waals surface area contributed by atoms with Gasteiger partial charge < -0.3 is 18.9 Å². The van der Waals surface area contributed by atoms with Crippen LogP contribution in [0.5, 0.6) is 23.0 Å². The summed E-state index contributed by atoms with van der Waals surface area (Å²) in [6, 6.07) is 13.5. The number of rotatable bonds is 17. The average molecular weight is 863 g/mol. The Bertz CT molecular complexity index is 2110. The van der Waals surface area contributed by atoms with Crippen LogP contribution in [0.4, 0.5) is 0 Å². The highest BCUT2D eigenvalue weighted by molar-refractivity contribution is 7.31. The van der Waals surface area contributed by atoms with Gasteiger partial charge in [-0.05, 0) is 87.4 Å². The molecule has 8 heterocycles. The van der Waals surface area contributed by atoms with E-state index in [4.69, 9.17) is 18.9 Å². The molecule has 2 aliphatic rings. The minimum Gasteiger partial charge on any atom is -0.492 e. The third-order valence-electron chi connectivity index (χ3n) is 11.3. The number of hydrogen-bond donors (Lipinski definition) is 0. The highest BCUT2D eigenvalue weighted by Gasteiger charge is 2.40. The highest BCUT2D eigenvalue weighted by atomic mass is 32.1. The second-order valence-corrected chi connectivity index (χ2v) is 22.3. The SMILES string of the molecule is CCCCC(CC)COc1ccsc1-c1cc2c(s1)-c1sc(-c3cc4c(s3)-c3sc(-c5sccc5OCC(CC)CCCC)cc3OC4(C)C)cc1C(C)(C)O2. The summed E-state index contributed by atoms with van der Waals surface area (Å²) in [4.78, 5) is 12.5. The van der Waals surface area contributed by atoms with Crippen LogP contribution in [0.25, 0.3) is 48.8 Å². The Morgan fingerprint density at radius 3 is 1.34 bits per heavy atom. The van der Waals surface area contributed by atoms with Crippen LogP contribution >= 0.6 is 68.0 Å². The Hall–Kier alpha value is -2.60. The standard InChI is InChI=1S/C46H54O4S6/c1-9-13-15-27(11-3)25-47-31-17-19-51-41(31)37-23-33-43(55-37)39-29(45(5,6)49-33)21-35(53-39)36-22-30-40(54-36)44-34(50-46(30,7)8)24-38(56-44)42-32(18-20-52-42)48-26-28(12-4)16-14-10-2/h17-24,27-28H,9-16,25-26H2,1-8H3. The predicted molar refractivity (Wildman–Crippen MR) is 246 cm³/mol. The zero-order chi connectivity index (χ0) is 39.2. The fourth-order valence-electron chi connectivity index (χ4n) is 7.75. The quantitative estimate of drug-likeness (QED) is 0.0915. The molecule has 0 fully saturated rings. The maximum absolute atomic E-state index is 6.79. The summed E-state index contributed by atoms with van der Waals surface area (Å²) < 4.78 is 26.6. The minimum absolute atomic E-state index is 0.444. The molecule has 8 rings (SSSR count). The van der Waals surface area contributed by atoms with Gasteiger partial charge in [0.25, 0.3) is 0 Å². The van der Waals surface area contributed by atoms with Crippen molar-refractivity contribution < 1.29 is 18.9 Å². The predicted octanol–water partition coefficient (Wildman–Crippen LogP) is 16.8. The van der Waals surface area contributed by atoms with E-state index in [2.05, 4.69) is 103 Å². The lowest BCUT2D eigenvalue weighted by molar-refractivity contribution is 0.107. The number of hydrogen-bond acceptors (Lipinski definition) is 10. The van der Waals surface area contributed by atoms with Gasteiger partial charge in [-0.2, -0.15) is 0 Å². The topological polar surface area (TPSA) is 36.9 Å². The van der Waals surface area contributed by atoms with E-state index in [1.165, 1.54) is 98.4 Å². The molecule has 56 heavy (non-hydrogen) atoms. The second-order valence-electron chi connectivity index (χ2n) is 16.2. The first kappa shape index (κ1) is 40.2. The molecule has 0 spiro atoms. The summed E-state index contributed by atoms with van der Waals surface area (Å²) in [6.07, 6.45) is 9.73. The molecule has 4 nitrogen and oxygen atoms in total. The molecule has 0 amide bonds. The normalized spacial score (nSPS) is 15.9. The van der Waals surface area contributed by atoms with Crippen molar-refractivity contribution in [3.63, 3.8) is 0 Å². The van der Waals surface area contributed by atoms with E-state index in [-0.39, 0.29) is 0 Å². The van der Waals surface area contributed by atoms with Crippen LogP contribution < -0.4 is 18.9 Å². The summed E-state index contributed by atoms with van der Waals surface area (Å²) >= 11 is 11.0. The van der Waals surface area contributed by atoms with Gasteiger partial charge in [-0.1, -0.05) is 66.2 Å². The third kappa shape index (κ3) is 7.80. The Kier molecular flexibility index (Phi) is 11.9. The first-order valence-electron chi connectivity index (χ1n) is 20.4. The van der Waals surface area contributed by atoms with Gasteiger partial charge in [0.05, 0.1) is 52.2 Å². The van der Waals surface area contributed by atoms with Crippen LogP contribution in [-0.4, -0.2) is 13.2 Å². The van der Waals surface area contributed by atoms with Crippen LogP contribution in [0.3, 0.4) is 0 Å². The lowest BCUT2D eigenvalue weighted by Gasteiger charge is -2.31. The van der Waals surface area contributed by atoms with E-state index in [9.17, 15) is 0 Å². The molecule has 0 N–H and O–H groups in total. The molecule has 6 aromatic heterocycles. The zero-order valence-corrected chi connectivity index (χ0v) is 38.8. The molecule has 0 radical (unpaired) electrons. The van der Waals surface area contributed by atoms with Gasteiger partial charge >= 0.3 is 0 Å². The van der Waals surface area contributed by atoms with Gasteiger partial charge in [0, 0.05) is 33.0 Å². The highest BCUT2D eigenvalue weighted by Crippen LogP contribution is 2.60. The first-order valence-corrected chi connectivity index (χ1v) is 25.4. The lowest BCUT2D eigenvalue weighted by atomic mass is 9.94.